The van der Waals surface area contributed by atoms with Crippen LogP contribution < -0.4 is 0 Å². The van der Waals surface area contributed by atoms with Gasteiger partial charge in [-0.25, -0.2) is 0 Å². The summed E-state index contributed by atoms with van der Waals surface area (Å²) in [7, 11) is 3.81. The van der Waals surface area contributed by atoms with Crippen LogP contribution in [0.1, 0.15) is 84.5 Å². The van der Waals surface area contributed by atoms with E-state index in [0.717, 1.165) is 38.7 Å². The first kappa shape index (κ1) is 29.7. The van der Waals surface area contributed by atoms with Crippen LogP contribution in [0.5, 0.6) is 0 Å². The molecule has 2 N–H and O–H groups in total. The average Bonchev–Trinajstić information content (AvgIpc) is 2.63. The summed E-state index contributed by atoms with van der Waals surface area (Å²) in [6.07, 6.45) is 11.1. The Morgan fingerprint density at radius 2 is 1.57 bits per heavy atom. The quantitative estimate of drug-likeness (QED) is 0.143. The topological polar surface area (TPSA) is 85.2 Å². The van der Waals surface area contributed by atoms with Crippen molar-refractivity contribution in [2.24, 2.45) is 0 Å². The largest absolute Gasteiger partial charge is 0.481 e. The third kappa shape index (κ3) is 19.7. The lowest BCUT2D eigenvalue weighted by Crippen LogP contribution is -2.42. The van der Waals surface area contributed by atoms with Gasteiger partial charge in [-0.3, -0.25) is 4.79 Å². The summed E-state index contributed by atoms with van der Waals surface area (Å²) in [6.45, 7) is 6.08. The van der Waals surface area contributed by atoms with E-state index in [2.05, 4.69) is 13.8 Å². The fourth-order valence-electron chi connectivity index (χ4n) is 3.25. The maximum Gasteiger partial charge on any atom is 0.330 e. The minimum atomic E-state index is -2.06. The fourth-order valence-corrected chi connectivity index (χ4v) is 4.00. The molecule has 0 radical (unpaired) electrons. The maximum absolute atomic E-state index is 11.0. The third-order valence-corrected chi connectivity index (χ3v) is 5.70. The van der Waals surface area contributed by atoms with Gasteiger partial charge in [0.1, 0.15) is 12.6 Å². The molecule has 3 atom stereocenters. The Morgan fingerprint density at radius 3 is 2.17 bits per heavy atom. The molecule has 8 heteroatoms. The van der Waals surface area contributed by atoms with Gasteiger partial charge < -0.3 is 28.3 Å². The molecule has 0 fully saturated rings. The molecule has 0 aromatic rings. The van der Waals surface area contributed by atoms with Crippen molar-refractivity contribution < 1.29 is 33.1 Å². The van der Waals surface area contributed by atoms with E-state index in [1.54, 1.807) is 0 Å². The van der Waals surface area contributed by atoms with E-state index in [1.807, 2.05) is 21.1 Å². The first-order valence-electron chi connectivity index (χ1n) is 11.6. The van der Waals surface area contributed by atoms with Crippen LogP contribution in [0, 0.1) is 0 Å². The van der Waals surface area contributed by atoms with Crippen LogP contribution in [0.4, 0.5) is 0 Å². The molecule has 0 aromatic heterocycles. The molecule has 0 saturated carbocycles. The van der Waals surface area contributed by atoms with Crippen LogP contribution in [-0.2, 0) is 18.6 Å². The molecule has 2 unspecified atom stereocenters. The standard InChI is InChI=1S/C22H46NO6P/c1-6-8-9-10-12-15-20(7-2)27-16-13-11-14-17-28-30(26)29-21(18-22(24)25)19-23(3,4)5/h20-21,26H,6-19H2,1-5H3/p+1/t20?,21?,30-/m1/s1. The van der Waals surface area contributed by atoms with E-state index in [0.29, 0.717) is 23.7 Å². The van der Waals surface area contributed by atoms with Crippen molar-refractivity contribution in [1.82, 2.24) is 0 Å². The van der Waals surface area contributed by atoms with Crippen molar-refractivity contribution in [1.29, 1.82) is 0 Å². The Labute approximate surface area is 185 Å². The zero-order valence-corrected chi connectivity index (χ0v) is 20.9. The van der Waals surface area contributed by atoms with Gasteiger partial charge in [-0.2, -0.15) is 0 Å². The molecule has 0 aliphatic heterocycles. The van der Waals surface area contributed by atoms with Gasteiger partial charge in [0.25, 0.3) is 0 Å². The van der Waals surface area contributed by atoms with Gasteiger partial charge >= 0.3 is 14.6 Å². The van der Waals surface area contributed by atoms with Gasteiger partial charge in [0.05, 0.1) is 40.3 Å². The highest BCUT2D eigenvalue weighted by Crippen LogP contribution is 2.36. The highest BCUT2D eigenvalue weighted by Gasteiger charge is 2.25. The Bertz CT molecular complexity index is 419. The smallest absolute Gasteiger partial charge is 0.330 e. The number of carboxylic acid groups (broad SMARTS) is 1. The minimum Gasteiger partial charge on any atom is -0.481 e. The molecule has 0 rings (SSSR count). The second-order valence-electron chi connectivity index (χ2n) is 9.03. The van der Waals surface area contributed by atoms with Crippen molar-refractivity contribution in [3.8, 4) is 0 Å². The normalized spacial score (nSPS) is 15.1. The van der Waals surface area contributed by atoms with E-state index in [9.17, 15) is 9.69 Å². The minimum absolute atomic E-state index is 0.146. The Balaban J connectivity index is 3.83. The highest BCUT2D eigenvalue weighted by molar-refractivity contribution is 7.40. The summed E-state index contributed by atoms with van der Waals surface area (Å²) >= 11 is 0. The highest BCUT2D eigenvalue weighted by atomic mass is 31.2. The Kier molecular flexibility index (Phi) is 18.1. The number of carbonyl (C=O) groups is 1. The van der Waals surface area contributed by atoms with Gasteiger partial charge in [0, 0.05) is 6.61 Å². The number of likely N-dealkylation sites (N-methyl/N-ethyl adjacent to an activating group) is 1. The number of quaternary nitrogens is 1. The SMILES string of the molecule is CCCCCCCC(CC)OCCCCCO[P@@](O)OC(CC(=O)O)C[N+](C)(C)C. The number of aliphatic carboxylic acids is 1. The van der Waals surface area contributed by atoms with Crippen LogP contribution in [0.15, 0.2) is 0 Å². The number of hydrogen-bond acceptors (Lipinski definition) is 5. The molecule has 0 aliphatic rings. The summed E-state index contributed by atoms with van der Waals surface area (Å²) in [4.78, 5) is 21.0. The van der Waals surface area contributed by atoms with E-state index < -0.39 is 20.7 Å². The molecule has 0 aromatic carbocycles. The first-order chi connectivity index (χ1) is 14.2. The number of rotatable bonds is 21. The summed E-state index contributed by atoms with van der Waals surface area (Å²) in [6, 6.07) is 0. The predicted molar refractivity (Wildman–Crippen MR) is 122 cm³/mol. The summed E-state index contributed by atoms with van der Waals surface area (Å²) in [5, 5.41) is 9.01. The van der Waals surface area contributed by atoms with E-state index in [-0.39, 0.29) is 6.42 Å². The molecule has 0 amide bonds. The first-order valence-corrected chi connectivity index (χ1v) is 12.7. The number of nitrogens with zero attached hydrogens (tertiary/aromatic N) is 1. The number of ether oxygens (including phenoxy) is 1. The molecule has 0 saturated heterocycles. The molecule has 7 nitrogen and oxygen atoms in total. The zero-order chi connectivity index (χ0) is 22.8. The second kappa shape index (κ2) is 18.3. The van der Waals surface area contributed by atoms with Crippen molar-refractivity contribution in [2.75, 3.05) is 40.9 Å². The number of unbranched alkanes of at least 4 members (excludes halogenated alkanes) is 6. The van der Waals surface area contributed by atoms with Crippen molar-refractivity contribution in [3.63, 3.8) is 0 Å². The average molecular weight is 453 g/mol. The summed E-state index contributed by atoms with van der Waals surface area (Å²) in [5.41, 5.74) is 0. The van der Waals surface area contributed by atoms with Crippen molar-refractivity contribution in [3.05, 3.63) is 0 Å². The molecular weight excluding hydrogens is 405 g/mol. The third-order valence-electron chi connectivity index (χ3n) is 4.82. The number of carboxylic acids is 1. The molecule has 30 heavy (non-hydrogen) atoms. The zero-order valence-electron chi connectivity index (χ0n) is 20.0. The van der Waals surface area contributed by atoms with Crippen LogP contribution in [0.25, 0.3) is 0 Å². The van der Waals surface area contributed by atoms with Gasteiger partial charge in [0.15, 0.2) is 0 Å². The summed E-state index contributed by atoms with van der Waals surface area (Å²) in [5.74, 6) is -0.941. The molecule has 0 bridgehead atoms. The lowest BCUT2D eigenvalue weighted by atomic mass is 10.1. The molecule has 180 valence electrons. The van der Waals surface area contributed by atoms with Crippen molar-refractivity contribution >= 4 is 14.6 Å². The van der Waals surface area contributed by atoms with Crippen molar-refractivity contribution in [2.45, 2.75) is 96.7 Å². The van der Waals surface area contributed by atoms with Gasteiger partial charge in [-0.05, 0) is 32.1 Å². The van der Waals surface area contributed by atoms with Gasteiger partial charge in [-0.15, -0.1) is 0 Å². The van der Waals surface area contributed by atoms with Gasteiger partial charge in [0.2, 0.25) is 0 Å². The number of hydrogen-bond donors (Lipinski definition) is 2. The lowest BCUT2D eigenvalue weighted by Gasteiger charge is -2.29. The van der Waals surface area contributed by atoms with Crippen LogP contribution in [0.3, 0.4) is 0 Å². The molecule has 0 spiro atoms. The fraction of sp³-hybridized carbons (Fsp3) is 0.955. The van der Waals surface area contributed by atoms with Crippen LogP contribution in [-0.4, -0.2) is 73.6 Å². The monoisotopic (exact) mass is 452 g/mol. The van der Waals surface area contributed by atoms with Gasteiger partial charge in [-0.1, -0.05) is 46.0 Å². The Hall–Kier alpha value is -0.300. The van der Waals surface area contributed by atoms with Crippen LogP contribution >= 0.6 is 8.60 Å². The second-order valence-corrected chi connectivity index (χ2v) is 9.98. The van der Waals surface area contributed by atoms with E-state index in [4.69, 9.17) is 18.9 Å². The lowest BCUT2D eigenvalue weighted by molar-refractivity contribution is -0.873. The van der Waals surface area contributed by atoms with E-state index in [1.165, 1.54) is 32.1 Å². The maximum atomic E-state index is 11.0. The predicted octanol–water partition coefficient (Wildman–Crippen LogP) is 5.11. The Morgan fingerprint density at radius 1 is 0.933 bits per heavy atom. The van der Waals surface area contributed by atoms with Crippen LogP contribution in [0.2, 0.25) is 0 Å². The molecule has 0 heterocycles. The molecular formula is C22H47NO6P+. The molecule has 0 aliphatic carbocycles. The van der Waals surface area contributed by atoms with E-state index >= 15 is 0 Å². The summed E-state index contributed by atoms with van der Waals surface area (Å²) < 4.78 is 17.4.